The van der Waals surface area contributed by atoms with Crippen LogP contribution in [0.15, 0.2) is 42.5 Å². The monoisotopic (exact) mass is 322 g/mol. The minimum absolute atomic E-state index is 0.413. The molecule has 0 radical (unpaired) electrons. The summed E-state index contributed by atoms with van der Waals surface area (Å²) in [4.78, 5) is 13.3. The third-order valence-corrected chi connectivity index (χ3v) is 3.84. The molecule has 1 amide bonds. The molecule has 0 heterocycles. The number of rotatable bonds is 5. The maximum absolute atomic E-state index is 11.2. The van der Waals surface area contributed by atoms with Gasteiger partial charge in [0.05, 0.1) is 10.0 Å². The van der Waals surface area contributed by atoms with Gasteiger partial charge in [-0.05, 0) is 42.4 Å². The highest BCUT2D eigenvalue weighted by molar-refractivity contribution is 6.42. The van der Waals surface area contributed by atoms with E-state index in [4.69, 9.17) is 28.9 Å². The number of halogens is 2. The second kappa shape index (κ2) is 6.94. The number of hydrogen-bond donors (Lipinski definition) is 1. The first kappa shape index (κ1) is 15.8. The number of amides is 1. The van der Waals surface area contributed by atoms with Gasteiger partial charge in [-0.1, -0.05) is 41.4 Å². The lowest BCUT2D eigenvalue weighted by Crippen LogP contribution is -2.18. The zero-order chi connectivity index (χ0) is 15.4. The third-order valence-electron chi connectivity index (χ3n) is 3.10. The van der Waals surface area contributed by atoms with Gasteiger partial charge >= 0.3 is 0 Å². The molecule has 0 saturated heterocycles. The van der Waals surface area contributed by atoms with Crippen LogP contribution in [0.1, 0.15) is 21.5 Å². The molecule has 2 aromatic carbocycles. The highest BCUT2D eigenvalue weighted by Crippen LogP contribution is 2.23. The van der Waals surface area contributed by atoms with Crippen LogP contribution < -0.4 is 5.73 Å². The van der Waals surface area contributed by atoms with E-state index in [-0.39, 0.29) is 0 Å². The first-order chi connectivity index (χ1) is 9.95. The van der Waals surface area contributed by atoms with Gasteiger partial charge in [-0.25, -0.2) is 0 Å². The van der Waals surface area contributed by atoms with Gasteiger partial charge in [0.15, 0.2) is 0 Å². The first-order valence-electron chi connectivity index (χ1n) is 6.47. The Hall–Kier alpha value is -1.55. The Balaban J connectivity index is 2.04. The summed E-state index contributed by atoms with van der Waals surface area (Å²) in [6.07, 6.45) is 0. The Labute approximate surface area is 134 Å². The van der Waals surface area contributed by atoms with Crippen molar-refractivity contribution >= 4 is 29.1 Å². The molecule has 0 aliphatic rings. The maximum Gasteiger partial charge on any atom is 0.248 e. The quantitative estimate of drug-likeness (QED) is 0.911. The van der Waals surface area contributed by atoms with Gasteiger partial charge in [-0.15, -0.1) is 0 Å². The molecule has 2 rings (SSSR count). The zero-order valence-electron chi connectivity index (χ0n) is 11.6. The van der Waals surface area contributed by atoms with Crippen LogP contribution in [0, 0.1) is 0 Å². The zero-order valence-corrected chi connectivity index (χ0v) is 13.2. The van der Waals surface area contributed by atoms with Crippen LogP contribution >= 0.6 is 23.2 Å². The van der Waals surface area contributed by atoms with Gasteiger partial charge in [0.25, 0.3) is 0 Å². The van der Waals surface area contributed by atoms with Gasteiger partial charge < -0.3 is 5.73 Å². The van der Waals surface area contributed by atoms with E-state index < -0.39 is 5.91 Å². The molecule has 110 valence electrons. The van der Waals surface area contributed by atoms with Gasteiger partial charge in [-0.3, -0.25) is 9.69 Å². The molecule has 0 atom stereocenters. The maximum atomic E-state index is 11.2. The van der Waals surface area contributed by atoms with Crippen LogP contribution in [-0.4, -0.2) is 17.9 Å². The van der Waals surface area contributed by atoms with Crippen LogP contribution in [0.5, 0.6) is 0 Å². The summed E-state index contributed by atoms with van der Waals surface area (Å²) in [5.41, 5.74) is 7.93. The van der Waals surface area contributed by atoms with E-state index >= 15 is 0 Å². The van der Waals surface area contributed by atoms with Gasteiger partial charge in [-0.2, -0.15) is 0 Å². The summed E-state index contributed by atoms with van der Waals surface area (Å²) in [5, 5.41) is 1.11. The lowest BCUT2D eigenvalue weighted by molar-refractivity contribution is 0.1000. The summed E-state index contributed by atoms with van der Waals surface area (Å²) in [6.45, 7) is 1.44. The number of benzene rings is 2. The predicted molar refractivity (Wildman–Crippen MR) is 86.6 cm³/mol. The summed E-state index contributed by atoms with van der Waals surface area (Å²) in [5.74, 6) is -0.413. The van der Waals surface area contributed by atoms with Crippen molar-refractivity contribution in [1.29, 1.82) is 0 Å². The van der Waals surface area contributed by atoms with E-state index in [2.05, 4.69) is 4.90 Å². The fourth-order valence-electron chi connectivity index (χ4n) is 2.14. The first-order valence-corrected chi connectivity index (χ1v) is 7.22. The molecule has 0 unspecified atom stereocenters. The molecular weight excluding hydrogens is 307 g/mol. The van der Waals surface area contributed by atoms with Crippen LogP contribution in [0.3, 0.4) is 0 Å². The number of hydrogen-bond acceptors (Lipinski definition) is 2. The van der Waals surface area contributed by atoms with Crippen molar-refractivity contribution < 1.29 is 4.79 Å². The van der Waals surface area contributed by atoms with E-state index in [9.17, 15) is 4.79 Å². The minimum Gasteiger partial charge on any atom is -0.366 e. The van der Waals surface area contributed by atoms with Crippen molar-refractivity contribution in [3.8, 4) is 0 Å². The van der Waals surface area contributed by atoms with Crippen molar-refractivity contribution in [3.63, 3.8) is 0 Å². The summed E-state index contributed by atoms with van der Waals surface area (Å²) >= 11 is 11.9. The summed E-state index contributed by atoms with van der Waals surface area (Å²) in [6, 6.07) is 12.9. The molecule has 2 N–H and O–H groups in total. The number of carbonyl (C=O) groups is 1. The molecule has 5 heteroatoms. The molecule has 0 aliphatic carbocycles. The lowest BCUT2D eigenvalue weighted by Gasteiger charge is -2.17. The Morgan fingerprint density at radius 2 is 1.71 bits per heavy atom. The fourth-order valence-corrected chi connectivity index (χ4v) is 2.46. The Bertz CT molecular complexity index is 658. The highest BCUT2D eigenvalue weighted by Gasteiger charge is 2.06. The number of primary amides is 1. The largest absolute Gasteiger partial charge is 0.366 e. The SMILES string of the molecule is CN(Cc1cccc(C(N)=O)c1)Cc1ccc(Cl)c(Cl)c1. The van der Waals surface area contributed by atoms with E-state index in [1.54, 1.807) is 12.1 Å². The van der Waals surface area contributed by atoms with Crippen molar-refractivity contribution in [2.45, 2.75) is 13.1 Å². The number of nitrogens with two attached hydrogens (primary N) is 1. The smallest absolute Gasteiger partial charge is 0.248 e. The Morgan fingerprint density at radius 3 is 2.33 bits per heavy atom. The van der Waals surface area contributed by atoms with Gasteiger partial charge in [0.1, 0.15) is 0 Å². The molecule has 3 nitrogen and oxygen atoms in total. The lowest BCUT2D eigenvalue weighted by atomic mass is 10.1. The molecule has 0 bridgehead atoms. The molecule has 0 spiro atoms. The second-order valence-corrected chi connectivity index (χ2v) is 5.80. The van der Waals surface area contributed by atoms with E-state index in [0.717, 1.165) is 17.7 Å². The molecular formula is C16H16Cl2N2O. The predicted octanol–water partition coefficient (Wildman–Crippen LogP) is 3.72. The molecule has 21 heavy (non-hydrogen) atoms. The van der Waals surface area contributed by atoms with Crippen molar-refractivity contribution in [3.05, 3.63) is 69.2 Å². The van der Waals surface area contributed by atoms with E-state index in [1.165, 1.54) is 0 Å². The number of nitrogens with zero attached hydrogens (tertiary/aromatic N) is 1. The van der Waals surface area contributed by atoms with Crippen molar-refractivity contribution in [1.82, 2.24) is 4.90 Å². The minimum atomic E-state index is -0.413. The summed E-state index contributed by atoms with van der Waals surface area (Å²) in [7, 11) is 2.00. The fraction of sp³-hybridized carbons (Fsp3) is 0.188. The van der Waals surface area contributed by atoms with Crippen LogP contribution in [0.2, 0.25) is 10.0 Å². The topological polar surface area (TPSA) is 46.3 Å². The Kier molecular flexibility index (Phi) is 5.23. The molecule has 2 aromatic rings. The Morgan fingerprint density at radius 1 is 1.05 bits per heavy atom. The molecule has 0 saturated carbocycles. The van der Waals surface area contributed by atoms with Crippen LogP contribution in [-0.2, 0) is 13.1 Å². The third kappa shape index (κ3) is 4.46. The second-order valence-electron chi connectivity index (χ2n) is 4.99. The van der Waals surface area contributed by atoms with Crippen LogP contribution in [0.25, 0.3) is 0 Å². The number of carbonyl (C=O) groups excluding carboxylic acids is 1. The molecule has 0 aliphatic heterocycles. The highest BCUT2D eigenvalue weighted by atomic mass is 35.5. The van der Waals surface area contributed by atoms with Crippen LogP contribution in [0.4, 0.5) is 0 Å². The van der Waals surface area contributed by atoms with E-state index in [0.29, 0.717) is 22.2 Å². The van der Waals surface area contributed by atoms with Gasteiger partial charge in [0.2, 0.25) is 5.91 Å². The van der Waals surface area contributed by atoms with Crippen molar-refractivity contribution in [2.75, 3.05) is 7.05 Å². The van der Waals surface area contributed by atoms with Crippen molar-refractivity contribution in [2.24, 2.45) is 5.73 Å². The standard InChI is InChI=1S/C16H16Cl2N2O/c1-20(10-12-5-6-14(17)15(18)8-12)9-11-3-2-4-13(7-11)16(19)21/h2-8H,9-10H2,1H3,(H2,19,21). The molecule has 0 fully saturated rings. The summed E-state index contributed by atoms with van der Waals surface area (Å²) < 4.78 is 0. The average Bonchev–Trinajstić information content (AvgIpc) is 2.43. The normalized spacial score (nSPS) is 10.9. The van der Waals surface area contributed by atoms with Gasteiger partial charge in [0, 0.05) is 18.7 Å². The van der Waals surface area contributed by atoms with E-state index in [1.807, 2.05) is 37.4 Å². The molecule has 0 aromatic heterocycles. The average molecular weight is 323 g/mol.